The number of fused-ring (bicyclic) bond motifs is 5. The van der Waals surface area contributed by atoms with Gasteiger partial charge in [0, 0.05) is 9.65 Å². The molecule has 0 unspecified atom stereocenters. The fraction of sp³-hybridized carbons (Fsp3) is 0.444. The first-order valence-corrected chi connectivity index (χ1v) is 10.4. The van der Waals surface area contributed by atoms with Crippen LogP contribution < -0.4 is 5.32 Å². The van der Waals surface area contributed by atoms with Gasteiger partial charge in [-0.2, -0.15) is 0 Å². The molecule has 3 aliphatic rings. The molecular formula is C18H16Br2N2O5. The number of amides is 3. The van der Waals surface area contributed by atoms with Gasteiger partial charge >= 0.3 is 5.97 Å². The van der Waals surface area contributed by atoms with Gasteiger partial charge in [-0.1, -0.05) is 44.0 Å². The number of hydrogen-bond acceptors (Lipinski definition) is 4. The zero-order valence-corrected chi connectivity index (χ0v) is 17.1. The number of carboxylic acid groups (broad SMARTS) is 1. The number of anilines is 1. The number of rotatable bonds is 4. The third-order valence-electron chi connectivity index (χ3n) is 5.81. The number of hydrogen-bond donors (Lipinski definition) is 2. The predicted octanol–water partition coefficient (Wildman–Crippen LogP) is 2.10. The summed E-state index contributed by atoms with van der Waals surface area (Å²) in [7, 11) is 0. The lowest BCUT2D eigenvalue weighted by Gasteiger charge is -2.28. The molecule has 1 heterocycles. The van der Waals surface area contributed by atoms with Gasteiger partial charge in [0.1, 0.15) is 6.54 Å². The van der Waals surface area contributed by atoms with Crippen molar-refractivity contribution in [1.29, 1.82) is 0 Å². The quantitative estimate of drug-likeness (QED) is 0.487. The number of nitrogens with zero attached hydrogens (tertiary/aromatic N) is 1. The largest absolute Gasteiger partial charge is 0.478 e. The Kier molecular flexibility index (Phi) is 4.62. The van der Waals surface area contributed by atoms with Crippen LogP contribution in [0.1, 0.15) is 16.8 Å². The fourth-order valence-corrected chi connectivity index (χ4v) is 6.55. The maximum atomic E-state index is 12.8. The van der Waals surface area contributed by atoms with E-state index in [1.165, 1.54) is 12.1 Å². The van der Waals surface area contributed by atoms with E-state index in [0.29, 0.717) is 0 Å². The minimum atomic E-state index is -1.17. The minimum Gasteiger partial charge on any atom is -0.478 e. The van der Waals surface area contributed by atoms with Crippen LogP contribution in [0.15, 0.2) is 24.3 Å². The van der Waals surface area contributed by atoms with Crippen molar-refractivity contribution < 1.29 is 24.3 Å². The molecule has 3 fully saturated rings. The average Bonchev–Trinajstić information content (AvgIpc) is 3.23. The SMILES string of the molecule is O=C(CN1C(=O)[C@@H]2[C@H]3C[C@@H]([C@@H](Br)[C@H]3Br)[C@H]2C1=O)Nc1ccccc1C(=O)O. The van der Waals surface area contributed by atoms with Gasteiger partial charge < -0.3 is 10.4 Å². The highest BCUT2D eigenvalue weighted by atomic mass is 79.9. The third kappa shape index (κ3) is 2.82. The van der Waals surface area contributed by atoms with Crippen molar-refractivity contribution in [2.45, 2.75) is 16.1 Å². The van der Waals surface area contributed by atoms with E-state index in [1.54, 1.807) is 12.1 Å². The fourth-order valence-electron chi connectivity index (χ4n) is 4.68. The molecule has 4 rings (SSSR count). The van der Waals surface area contributed by atoms with Gasteiger partial charge in [0.2, 0.25) is 17.7 Å². The lowest BCUT2D eigenvalue weighted by molar-refractivity contribution is -0.143. The number of benzene rings is 1. The lowest BCUT2D eigenvalue weighted by atomic mass is 9.81. The van der Waals surface area contributed by atoms with Gasteiger partial charge in [-0.25, -0.2) is 4.79 Å². The molecule has 0 spiro atoms. The average molecular weight is 500 g/mol. The van der Waals surface area contributed by atoms with Crippen LogP contribution in [0.5, 0.6) is 0 Å². The van der Waals surface area contributed by atoms with E-state index in [9.17, 15) is 24.3 Å². The first-order valence-electron chi connectivity index (χ1n) is 8.56. The molecule has 142 valence electrons. The summed E-state index contributed by atoms with van der Waals surface area (Å²) in [6.45, 7) is -0.405. The second kappa shape index (κ2) is 6.70. The highest BCUT2D eigenvalue weighted by Gasteiger charge is 2.66. The summed E-state index contributed by atoms with van der Waals surface area (Å²) in [4.78, 5) is 50.5. The molecule has 2 aliphatic carbocycles. The maximum Gasteiger partial charge on any atom is 0.337 e. The molecule has 6 atom stereocenters. The molecule has 2 bridgehead atoms. The number of nitrogens with one attached hydrogen (secondary N) is 1. The van der Waals surface area contributed by atoms with Crippen LogP contribution >= 0.6 is 31.9 Å². The number of para-hydroxylation sites is 1. The normalized spacial score (nSPS) is 34.1. The zero-order chi connectivity index (χ0) is 19.5. The van der Waals surface area contributed by atoms with Crippen LogP contribution in [-0.2, 0) is 14.4 Å². The summed E-state index contributed by atoms with van der Waals surface area (Å²) in [5.74, 6) is -2.95. The minimum absolute atomic E-state index is 0.0518. The van der Waals surface area contributed by atoms with Crippen molar-refractivity contribution in [2.75, 3.05) is 11.9 Å². The molecule has 27 heavy (non-hydrogen) atoms. The Morgan fingerprint density at radius 1 is 1.07 bits per heavy atom. The molecular weight excluding hydrogens is 484 g/mol. The molecule has 1 aliphatic heterocycles. The molecule has 1 aromatic rings. The summed E-state index contributed by atoms with van der Waals surface area (Å²) in [5.41, 5.74) is 0.0829. The zero-order valence-electron chi connectivity index (χ0n) is 14.0. The van der Waals surface area contributed by atoms with Crippen molar-refractivity contribution in [1.82, 2.24) is 4.90 Å². The number of alkyl halides is 2. The monoisotopic (exact) mass is 498 g/mol. The van der Waals surface area contributed by atoms with E-state index in [4.69, 9.17) is 0 Å². The molecule has 9 heteroatoms. The summed E-state index contributed by atoms with van der Waals surface area (Å²) in [6, 6.07) is 5.99. The third-order valence-corrected chi connectivity index (χ3v) is 9.02. The second-order valence-corrected chi connectivity index (χ2v) is 9.28. The van der Waals surface area contributed by atoms with Gasteiger partial charge in [0.15, 0.2) is 0 Å². The Labute approximate surface area is 171 Å². The molecule has 0 aromatic heterocycles. The Balaban J connectivity index is 1.50. The van der Waals surface area contributed by atoms with Crippen LogP contribution in [0.2, 0.25) is 0 Å². The topological polar surface area (TPSA) is 104 Å². The van der Waals surface area contributed by atoms with Gasteiger partial charge in [0.05, 0.1) is 23.1 Å². The number of aromatic carboxylic acids is 1. The van der Waals surface area contributed by atoms with Crippen LogP contribution in [0.4, 0.5) is 5.69 Å². The van der Waals surface area contributed by atoms with E-state index >= 15 is 0 Å². The number of imide groups is 1. The Bertz CT molecular complexity index is 828. The highest BCUT2D eigenvalue weighted by Crippen LogP contribution is 2.60. The summed E-state index contributed by atoms with van der Waals surface area (Å²) >= 11 is 7.23. The van der Waals surface area contributed by atoms with Crippen molar-refractivity contribution in [3.63, 3.8) is 0 Å². The van der Waals surface area contributed by atoms with Gasteiger partial charge in [-0.15, -0.1) is 0 Å². The number of halogens is 2. The molecule has 3 amide bonds. The second-order valence-electron chi connectivity index (χ2n) is 7.17. The molecule has 2 N–H and O–H groups in total. The Morgan fingerprint density at radius 2 is 1.63 bits per heavy atom. The Morgan fingerprint density at radius 3 is 2.19 bits per heavy atom. The summed E-state index contributed by atoms with van der Waals surface area (Å²) < 4.78 is 0. The van der Waals surface area contributed by atoms with E-state index in [2.05, 4.69) is 37.2 Å². The first-order chi connectivity index (χ1) is 12.8. The maximum absolute atomic E-state index is 12.8. The predicted molar refractivity (Wildman–Crippen MR) is 103 cm³/mol. The van der Waals surface area contributed by atoms with E-state index in [-0.39, 0.29) is 56.4 Å². The molecule has 0 radical (unpaired) electrons. The molecule has 1 saturated heterocycles. The number of likely N-dealkylation sites (tertiary alicyclic amines) is 1. The number of carbonyl (C=O) groups excluding carboxylic acids is 3. The van der Waals surface area contributed by atoms with Crippen molar-refractivity contribution in [2.24, 2.45) is 23.7 Å². The van der Waals surface area contributed by atoms with Crippen molar-refractivity contribution in [3.05, 3.63) is 29.8 Å². The van der Waals surface area contributed by atoms with E-state index in [0.717, 1.165) is 11.3 Å². The van der Waals surface area contributed by atoms with E-state index < -0.39 is 18.4 Å². The van der Waals surface area contributed by atoms with Gasteiger partial charge in [-0.3, -0.25) is 19.3 Å². The first kappa shape index (κ1) is 18.6. The van der Waals surface area contributed by atoms with Crippen LogP contribution in [0.25, 0.3) is 0 Å². The molecule has 1 aromatic carbocycles. The smallest absolute Gasteiger partial charge is 0.337 e. The molecule has 7 nitrogen and oxygen atoms in total. The van der Waals surface area contributed by atoms with Crippen LogP contribution in [-0.4, -0.2) is 49.9 Å². The summed E-state index contributed by atoms with van der Waals surface area (Å²) in [5, 5.41) is 11.7. The lowest BCUT2D eigenvalue weighted by Crippen LogP contribution is -2.39. The van der Waals surface area contributed by atoms with Crippen LogP contribution in [0, 0.1) is 23.7 Å². The van der Waals surface area contributed by atoms with E-state index in [1.807, 2.05) is 0 Å². The van der Waals surface area contributed by atoms with Crippen LogP contribution in [0.3, 0.4) is 0 Å². The van der Waals surface area contributed by atoms with Gasteiger partial charge in [-0.05, 0) is 30.4 Å². The number of carbonyl (C=O) groups is 4. The standard InChI is InChI=1S/C18H16Br2N2O5/c19-14-8-5-9(15(14)20)13-12(8)16(24)22(17(13)25)6-11(23)21-10-4-2-1-3-7(10)18(26)27/h1-4,8-9,12-15H,5-6H2,(H,21,23)(H,26,27)/t8-,9-,12-,13-,14-,15+/m1/s1. The van der Waals surface area contributed by atoms with Gasteiger partial charge in [0.25, 0.3) is 0 Å². The molecule has 2 saturated carbocycles. The van der Waals surface area contributed by atoms with Crippen molar-refractivity contribution >= 4 is 61.2 Å². The van der Waals surface area contributed by atoms with Crippen molar-refractivity contribution in [3.8, 4) is 0 Å². The highest BCUT2D eigenvalue weighted by molar-refractivity contribution is 9.12. The summed E-state index contributed by atoms with van der Waals surface area (Å²) in [6.07, 6.45) is 0.824. The number of carboxylic acids is 1. The Hall–Kier alpha value is -1.74.